The van der Waals surface area contributed by atoms with Gasteiger partial charge in [0, 0.05) is 44.2 Å². The summed E-state index contributed by atoms with van der Waals surface area (Å²) >= 11 is 0. The monoisotopic (exact) mass is 387 g/mol. The van der Waals surface area contributed by atoms with Gasteiger partial charge in [0.1, 0.15) is 0 Å². The molecule has 2 aromatic heterocycles. The Hall–Kier alpha value is -3.48. The number of pyridine rings is 1. The van der Waals surface area contributed by atoms with Crippen molar-refractivity contribution in [2.75, 3.05) is 24.5 Å². The van der Waals surface area contributed by atoms with E-state index in [2.05, 4.69) is 17.1 Å². The lowest BCUT2D eigenvalue weighted by atomic mass is 9.91. The second kappa shape index (κ2) is 6.84. The minimum Gasteiger partial charge on any atom is -0.332 e. The van der Waals surface area contributed by atoms with Crippen molar-refractivity contribution < 1.29 is 4.79 Å². The van der Waals surface area contributed by atoms with Crippen LogP contribution in [0.3, 0.4) is 0 Å². The molecule has 5 rings (SSSR count). The Labute approximate surface area is 168 Å². The molecule has 1 atom stereocenters. The SMILES string of the molecule is Cn1c(N2CC(=O)N3CCc4ccccc4C3C2)nc(-c2ccncc2)cc1=O. The topological polar surface area (TPSA) is 71.3 Å². The molecule has 3 aromatic rings. The van der Waals surface area contributed by atoms with E-state index in [0.29, 0.717) is 18.2 Å². The molecule has 0 aliphatic carbocycles. The molecule has 7 nitrogen and oxygen atoms in total. The van der Waals surface area contributed by atoms with E-state index in [1.807, 2.05) is 34.1 Å². The van der Waals surface area contributed by atoms with Crippen molar-refractivity contribution in [1.82, 2.24) is 19.4 Å². The molecular weight excluding hydrogens is 366 g/mol. The number of benzene rings is 1. The third kappa shape index (κ3) is 2.99. The smallest absolute Gasteiger partial charge is 0.255 e. The van der Waals surface area contributed by atoms with Crippen LogP contribution >= 0.6 is 0 Å². The fourth-order valence-electron chi connectivity index (χ4n) is 4.31. The van der Waals surface area contributed by atoms with Crippen LogP contribution in [-0.4, -0.2) is 45.0 Å². The summed E-state index contributed by atoms with van der Waals surface area (Å²) in [5.41, 5.74) is 3.74. The second-order valence-corrected chi connectivity index (χ2v) is 7.51. The highest BCUT2D eigenvalue weighted by Gasteiger charge is 2.38. The number of carbonyl (C=O) groups excluding carboxylic acids is 1. The van der Waals surface area contributed by atoms with Crippen LogP contribution in [0.25, 0.3) is 11.3 Å². The number of nitrogens with zero attached hydrogens (tertiary/aromatic N) is 5. The van der Waals surface area contributed by atoms with Crippen molar-refractivity contribution in [1.29, 1.82) is 0 Å². The van der Waals surface area contributed by atoms with Crippen molar-refractivity contribution in [3.63, 3.8) is 0 Å². The first-order valence-corrected chi connectivity index (χ1v) is 9.72. The van der Waals surface area contributed by atoms with E-state index in [1.54, 1.807) is 19.4 Å². The molecule has 0 bridgehead atoms. The molecule has 0 N–H and O–H groups in total. The number of fused-ring (bicyclic) bond motifs is 3. The number of carbonyl (C=O) groups is 1. The number of rotatable bonds is 2. The lowest BCUT2D eigenvalue weighted by molar-refractivity contribution is -0.134. The largest absolute Gasteiger partial charge is 0.332 e. The number of aromatic nitrogens is 3. The number of piperazine rings is 1. The summed E-state index contributed by atoms with van der Waals surface area (Å²) in [5.74, 6) is 0.583. The van der Waals surface area contributed by atoms with Crippen LogP contribution < -0.4 is 10.5 Å². The average molecular weight is 387 g/mol. The minimum atomic E-state index is -0.152. The van der Waals surface area contributed by atoms with Crippen molar-refractivity contribution in [2.24, 2.45) is 7.05 Å². The van der Waals surface area contributed by atoms with Gasteiger partial charge in [-0.3, -0.25) is 19.1 Å². The number of hydrogen-bond acceptors (Lipinski definition) is 5. The number of anilines is 1. The Morgan fingerprint density at radius 2 is 1.86 bits per heavy atom. The average Bonchev–Trinajstić information content (AvgIpc) is 2.76. The number of amides is 1. The van der Waals surface area contributed by atoms with Crippen LogP contribution in [-0.2, 0) is 18.3 Å². The molecule has 29 heavy (non-hydrogen) atoms. The molecule has 1 fully saturated rings. The summed E-state index contributed by atoms with van der Waals surface area (Å²) in [6.07, 6.45) is 4.23. The van der Waals surface area contributed by atoms with Crippen molar-refractivity contribution >= 4 is 11.9 Å². The summed E-state index contributed by atoms with van der Waals surface area (Å²) in [6.45, 7) is 1.57. The van der Waals surface area contributed by atoms with Gasteiger partial charge in [-0.05, 0) is 29.7 Å². The zero-order valence-corrected chi connectivity index (χ0v) is 16.2. The summed E-state index contributed by atoms with van der Waals surface area (Å²) in [6, 6.07) is 13.4. The van der Waals surface area contributed by atoms with Crippen molar-refractivity contribution in [3.05, 3.63) is 76.3 Å². The fourth-order valence-corrected chi connectivity index (χ4v) is 4.31. The Morgan fingerprint density at radius 3 is 2.69 bits per heavy atom. The fraction of sp³-hybridized carbons (Fsp3) is 0.273. The van der Waals surface area contributed by atoms with Crippen LogP contribution in [0.5, 0.6) is 0 Å². The van der Waals surface area contributed by atoms with E-state index >= 15 is 0 Å². The van der Waals surface area contributed by atoms with Crippen LogP contribution in [0.4, 0.5) is 5.95 Å². The molecule has 1 amide bonds. The molecule has 7 heteroatoms. The molecule has 146 valence electrons. The zero-order chi connectivity index (χ0) is 20.0. The first-order valence-electron chi connectivity index (χ1n) is 9.72. The van der Waals surface area contributed by atoms with Gasteiger partial charge in [0.15, 0.2) is 0 Å². The van der Waals surface area contributed by atoms with E-state index in [1.165, 1.54) is 21.8 Å². The minimum absolute atomic E-state index is 0.0253. The van der Waals surface area contributed by atoms with Gasteiger partial charge in [-0.2, -0.15) is 0 Å². The maximum Gasteiger partial charge on any atom is 0.255 e. The third-order valence-electron chi connectivity index (χ3n) is 5.82. The molecule has 0 radical (unpaired) electrons. The van der Waals surface area contributed by atoms with E-state index in [0.717, 1.165) is 18.5 Å². The first-order chi connectivity index (χ1) is 14.1. The van der Waals surface area contributed by atoms with Gasteiger partial charge in [-0.25, -0.2) is 4.98 Å². The highest BCUT2D eigenvalue weighted by Crippen LogP contribution is 2.34. The van der Waals surface area contributed by atoms with E-state index in [-0.39, 0.29) is 24.1 Å². The Kier molecular flexibility index (Phi) is 4.16. The van der Waals surface area contributed by atoms with Gasteiger partial charge in [0.05, 0.1) is 18.3 Å². The first kappa shape index (κ1) is 17.6. The van der Waals surface area contributed by atoms with Crippen LogP contribution in [0.15, 0.2) is 59.7 Å². The van der Waals surface area contributed by atoms with Crippen molar-refractivity contribution in [2.45, 2.75) is 12.5 Å². The molecule has 1 saturated heterocycles. The highest BCUT2D eigenvalue weighted by molar-refractivity contribution is 5.83. The van der Waals surface area contributed by atoms with Gasteiger partial charge in [0.2, 0.25) is 11.9 Å². The summed E-state index contributed by atoms with van der Waals surface area (Å²) in [5, 5.41) is 0. The Bertz CT molecular complexity index is 1140. The molecule has 2 aliphatic rings. The van der Waals surface area contributed by atoms with Gasteiger partial charge in [-0.15, -0.1) is 0 Å². The van der Waals surface area contributed by atoms with E-state index < -0.39 is 0 Å². The second-order valence-electron chi connectivity index (χ2n) is 7.51. The lowest BCUT2D eigenvalue weighted by Gasteiger charge is -2.45. The maximum absolute atomic E-state index is 12.9. The predicted octanol–water partition coefficient (Wildman–Crippen LogP) is 1.79. The van der Waals surface area contributed by atoms with Gasteiger partial charge in [0.25, 0.3) is 5.56 Å². The normalized spacial score (nSPS) is 18.4. The van der Waals surface area contributed by atoms with Crippen LogP contribution in [0, 0.1) is 0 Å². The summed E-state index contributed by atoms with van der Waals surface area (Å²) < 4.78 is 1.52. The maximum atomic E-state index is 12.9. The molecule has 1 unspecified atom stereocenters. The molecule has 4 heterocycles. The zero-order valence-electron chi connectivity index (χ0n) is 16.2. The molecular formula is C22H21N5O2. The van der Waals surface area contributed by atoms with Gasteiger partial charge in [-0.1, -0.05) is 24.3 Å². The van der Waals surface area contributed by atoms with E-state index in [9.17, 15) is 9.59 Å². The Morgan fingerprint density at radius 1 is 1.07 bits per heavy atom. The quantitative estimate of drug-likeness (QED) is 0.670. The van der Waals surface area contributed by atoms with Crippen LogP contribution in [0.1, 0.15) is 17.2 Å². The molecule has 2 aliphatic heterocycles. The van der Waals surface area contributed by atoms with E-state index in [4.69, 9.17) is 4.98 Å². The van der Waals surface area contributed by atoms with Crippen molar-refractivity contribution in [3.8, 4) is 11.3 Å². The lowest BCUT2D eigenvalue weighted by Crippen LogP contribution is -2.55. The third-order valence-corrected chi connectivity index (χ3v) is 5.82. The molecule has 1 aromatic carbocycles. The summed E-state index contributed by atoms with van der Waals surface area (Å²) in [7, 11) is 1.70. The van der Waals surface area contributed by atoms with Crippen LogP contribution in [0.2, 0.25) is 0 Å². The summed E-state index contributed by atoms with van der Waals surface area (Å²) in [4.78, 5) is 38.2. The van der Waals surface area contributed by atoms with Gasteiger partial charge >= 0.3 is 0 Å². The number of hydrogen-bond donors (Lipinski definition) is 0. The molecule has 0 saturated carbocycles. The standard InChI is InChI=1S/C22H21N5O2/c1-25-20(28)12-18(16-6-9-23-10-7-16)24-22(25)26-13-19-17-5-3-2-4-15(17)8-11-27(19)21(29)14-26/h2-7,9-10,12,19H,8,11,13-14H2,1H3. The van der Waals surface area contributed by atoms with Gasteiger partial charge < -0.3 is 9.80 Å². The highest BCUT2D eigenvalue weighted by atomic mass is 16.2. The predicted molar refractivity (Wildman–Crippen MR) is 110 cm³/mol. The Balaban J connectivity index is 1.56. The molecule has 0 spiro atoms.